The molecule has 2 aromatic carbocycles. The minimum Gasteiger partial charge on any atom is -0.325 e. The van der Waals surface area contributed by atoms with Gasteiger partial charge in [-0.3, -0.25) is 9.36 Å². The van der Waals surface area contributed by atoms with Crippen molar-refractivity contribution in [1.29, 1.82) is 0 Å². The number of anilines is 1. The lowest BCUT2D eigenvalue weighted by Gasteiger charge is -2.13. The van der Waals surface area contributed by atoms with Crippen molar-refractivity contribution in [1.82, 2.24) is 9.55 Å². The van der Waals surface area contributed by atoms with Gasteiger partial charge >= 0.3 is 0 Å². The molecule has 25 heavy (non-hydrogen) atoms. The average Bonchev–Trinajstić information content (AvgIpc) is 3.03. The molecule has 6 heteroatoms. The molecule has 0 aliphatic rings. The summed E-state index contributed by atoms with van der Waals surface area (Å²) >= 11 is 1.33. The predicted molar refractivity (Wildman–Crippen MR) is 98.6 cm³/mol. The maximum atomic E-state index is 13.5. The van der Waals surface area contributed by atoms with E-state index in [0.29, 0.717) is 10.8 Å². The van der Waals surface area contributed by atoms with E-state index in [9.17, 15) is 9.18 Å². The van der Waals surface area contributed by atoms with Crippen molar-refractivity contribution >= 4 is 23.4 Å². The lowest BCUT2D eigenvalue weighted by Crippen LogP contribution is -2.22. The third kappa shape index (κ3) is 4.28. The number of amides is 1. The highest BCUT2D eigenvalue weighted by molar-refractivity contribution is 8.00. The number of nitrogens with one attached hydrogen (secondary N) is 1. The first kappa shape index (κ1) is 17.2. The first-order valence-corrected chi connectivity index (χ1v) is 8.74. The van der Waals surface area contributed by atoms with Gasteiger partial charge in [0.05, 0.1) is 10.9 Å². The second kappa shape index (κ2) is 7.53. The van der Waals surface area contributed by atoms with Crippen LogP contribution in [0.3, 0.4) is 0 Å². The molecular formula is C19H18FN3OS. The lowest BCUT2D eigenvalue weighted by molar-refractivity contribution is -0.115. The van der Waals surface area contributed by atoms with Crippen LogP contribution in [0.4, 0.5) is 10.1 Å². The van der Waals surface area contributed by atoms with Crippen LogP contribution in [0.15, 0.2) is 66.1 Å². The Bertz CT molecular complexity index is 894. The summed E-state index contributed by atoms with van der Waals surface area (Å²) in [7, 11) is 0. The van der Waals surface area contributed by atoms with Gasteiger partial charge in [0.15, 0.2) is 5.16 Å². The Kier molecular flexibility index (Phi) is 5.19. The van der Waals surface area contributed by atoms with Gasteiger partial charge in [-0.2, -0.15) is 0 Å². The summed E-state index contributed by atoms with van der Waals surface area (Å²) in [5, 5.41) is 3.19. The van der Waals surface area contributed by atoms with Gasteiger partial charge in [0.2, 0.25) is 5.91 Å². The Labute approximate surface area is 150 Å². The van der Waals surface area contributed by atoms with E-state index in [4.69, 9.17) is 0 Å². The molecule has 1 atom stereocenters. The Hall–Kier alpha value is -2.60. The Morgan fingerprint density at radius 3 is 2.80 bits per heavy atom. The molecule has 0 bridgehead atoms. The van der Waals surface area contributed by atoms with Gasteiger partial charge in [-0.15, -0.1) is 0 Å². The van der Waals surface area contributed by atoms with Crippen LogP contribution in [0.2, 0.25) is 0 Å². The minimum atomic E-state index is -0.352. The second-order valence-electron chi connectivity index (χ2n) is 5.68. The molecule has 0 saturated heterocycles. The molecule has 1 heterocycles. The van der Waals surface area contributed by atoms with Gasteiger partial charge in [-0.25, -0.2) is 9.37 Å². The number of benzene rings is 2. The normalized spacial score (nSPS) is 12.0. The standard InChI is InChI=1S/C19H18FN3OS/c1-13-5-3-7-16(11-13)22-18(24)14(2)25-19-21-9-10-23(19)17-8-4-6-15(20)12-17/h3-12,14H,1-2H3,(H,22,24). The van der Waals surface area contributed by atoms with Crippen molar-refractivity contribution in [2.45, 2.75) is 24.3 Å². The Balaban J connectivity index is 1.72. The summed E-state index contributed by atoms with van der Waals surface area (Å²) in [6.45, 7) is 3.80. The summed E-state index contributed by atoms with van der Waals surface area (Å²) in [5.41, 5.74) is 2.52. The molecule has 128 valence electrons. The van der Waals surface area contributed by atoms with E-state index in [0.717, 1.165) is 11.3 Å². The van der Waals surface area contributed by atoms with Crippen molar-refractivity contribution in [2.75, 3.05) is 5.32 Å². The number of carbonyl (C=O) groups excluding carboxylic acids is 1. The van der Waals surface area contributed by atoms with Crippen molar-refractivity contribution < 1.29 is 9.18 Å². The van der Waals surface area contributed by atoms with Crippen LogP contribution in [-0.2, 0) is 4.79 Å². The highest BCUT2D eigenvalue weighted by atomic mass is 32.2. The van der Waals surface area contributed by atoms with Crippen molar-refractivity contribution in [3.05, 3.63) is 72.3 Å². The molecular weight excluding hydrogens is 337 g/mol. The van der Waals surface area contributed by atoms with E-state index in [1.54, 1.807) is 29.1 Å². The molecule has 0 saturated carbocycles. The van der Waals surface area contributed by atoms with Crippen molar-refractivity contribution in [3.63, 3.8) is 0 Å². The molecule has 1 amide bonds. The molecule has 0 fully saturated rings. The third-order valence-corrected chi connectivity index (χ3v) is 4.71. The fourth-order valence-corrected chi connectivity index (χ4v) is 3.26. The molecule has 0 aliphatic carbocycles. The minimum absolute atomic E-state index is 0.107. The molecule has 0 aliphatic heterocycles. The highest BCUT2D eigenvalue weighted by Gasteiger charge is 2.18. The number of hydrogen-bond donors (Lipinski definition) is 1. The maximum absolute atomic E-state index is 13.5. The smallest absolute Gasteiger partial charge is 0.237 e. The predicted octanol–water partition coefficient (Wildman–Crippen LogP) is 4.44. The van der Waals surface area contributed by atoms with Gasteiger partial charge in [-0.1, -0.05) is 30.0 Å². The lowest BCUT2D eigenvalue weighted by atomic mass is 10.2. The maximum Gasteiger partial charge on any atom is 0.237 e. The van der Waals surface area contributed by atoms with E-state index >= 15 is 0 Å². The summed E-state index contributed by atoms with van der Waals surface area (Å²) in [6.07, 6.45) is 3.39. The van der Waals surface area contributed by atoms with Crippen LogP contribution in [0.5, 0.6) is 0 Å². The van der Waals surface area contributed by atoms with Gasteiger partial charge in [0.25, 0.3) is 0 Å². The number of halogens is 1. The largest absolute Gasteiger partial charge is 0.325 e. The van der Waals surface area contributed by atoms with Crippen LogP contribution in [0.25, 0.3) is 5.69 Å². The number of rotatable bonds is 5. The van der Waals surface area contributed by atoms with Gasteiger partial charge in [0.1, 0.15) is 5.82 Å². The van der Waals surface area contributed by atoms with E-state index in [1.807, 2.05) is 38.1 Å². The Morgan fingerprint density at radius 2 is 2.04 bits per heavy atom. The van der Waals surface area contributed by atoms with Crippen molar-refractivity contribution in [3.8, 4) is 5.69 Å². The Morgan fingerprint density at radius 1 is 1.24 bits per heavy atom. The summed E-state index contributed by atoms with van der Waals surface area (Å²) < 4.78 is 15.2. The quantitative estimate of drug-likeness (QED) is 0.688. The fourth-order valence-electron chi connectivity index (χ4n) is 2.38. The van der Waals surface area contributed by atoms with E-state index in [1.165, 1.54) is 23.9 Å². The number of aryl methyl sites for hydroxylation is 1. The number of aromatic nitrogens is 2. The fraction of sp³-hybridized carbons (Fsp3) is 0.158. The number of thioether (sulfide) groups is 1. The van der Waals surface area contributed by atoms with E-state index < -0.39 is 0 Å². The number of imidazole rings is 1. The van der Waals surface area contributed by atoms with Crippen LogP contribution in [0, 0.1) is 12.7 Å². The number of carbonyl (C=O) groups is 1. The molecule has 4 nitrogen and oxygen atoms in total. The van der Waals surface area contributed by atoms with Crippen molar-refractivity contribution in [2.24, 2.45) is 0 Å². The zero-order valence-electron chi connectivity index (χ0n) is 13.9. The van der Waals surface area contributed by atoms with Gasteiger partial charge in [0, 0.05) is 18.1 Å². The SMILES string of the molecule is Cc1cccc(NC(=O)C(C)Sc2nccn2-c2cccc(F)c2)c1. The second-order valence-corrected chi connectivity index (χ2v) is 6.99. The third-order valence-electron chi connectivity index (χ3n) is 3.63. The first-order chi connectivity index (χ1) is 12.0. The molecule has 1 aromatic heterocycles. The monoisotopic (exact) mass is 355 g/mol. The molecule has 1 unspecified atom stereocenters. The molecule has 3 aromatic rings. The van der Waals surface area contributed by atoms with Crippen LogP contribution >= 0.6 is 11.8 Å². The van der Waals surface area contributed by atoms with Crippen LogP contribution in [0.1, 0.15) is 12.5 Å². The number of nitrogens with zero attached hydrogens (tertiary/aromatic N) is 2. The first-order valence-electron chi connectivity index (χ1n) is 7.86. The molecule has 3 rings (SSSR count). The molecule has 1 N–H and O–H groups in total. The van der Waals surface area contributed by atoms with E-state index in [-0.39, 0.29) is 17.0 Å². The zero-order valence-corrected chi connectivity index (χ0v) is 14.8. The van der Waals surface area contributed by atoms with Crippen LogP contribution < -0.4 is 5.32 Å². The summed E-state index contributed by atoms with van der Waals surface area (Å²) in [6, 6.07) is 13.9. The summed E-state index contributed by atoms with van der Waals surface area (Å²) in [5.74, 6) is -0.420. The highest BCUT2D eigenvalue weighted by Crippen LogP contribution is 2.25. The van der Waals surface area contributed by atoms with E-state index in [2.05, 4.69) is 10.3 Å². The van der Waals surface area contributed by atoms with Crippen LogP contribution in [-0.4, -0.2) is 20.7 Å². The zero-order chi connectivity index (χ0) is 17.8. The average molecular weight is 355 g/mol. The van der Waals surface area contributed by atoms with Gasteiger partial charge in [-0.05, 0) is 49.7 Å². The number of hydrogen-bond acceptors (Lipinski definition) is 3. The molecule has 0 spiro atoms. The van der Waals surface area contributed by atoms with Gasteiger partial charge < -0.3 is 5.32 Å². The topological polar surface area (TPSA) is 46.9 Å². The molecule has 0 radical (unpaired) electrons. The summed E-state index contributed by atoms with van der Waals surface area (Å²) in [4.78, 5) is 16.7.